The Bertz CT molecular complexity index is 259. The molecular weight excluding hydrogens is 236 g/mol. The van der Waals surface area contributed by atoms with Gasteiger partial charge in [-0.15, -0.1) is 0 Å². The molecule has 2 rings (SSSR count). The Labute approximate surface area is 119 Å². The Hall–Kier alpha value is -0.120. The largest absolute Gasteiger partial charge is 0.383 e. The van der Waals surface area contributed by atoms with Crippen molar-refractivity contribution in [2.45, 2.75) is 45.1 Å². The molecule has 2 aliphatic rings. The van der Waals surface area contributed by atoms with Crippen LogP contribution < -0.4 is 5.32 Å². The molecule has 0 heterocycles. The second-order valence-electron chi connectivity index (χ2n) is 6.69. The van der Waals surface area contributed by atoms with Crippen molar-refractivity contribution in [2.75, 3.05) is 40.4 Å². The highest BCUT2D eigenvalue weighted by atomic mass is 16.5. The predicted octanol–water partition coefficient (Wildman–Crippen LogP) is 2.37. The van der Waals surface area contributed by atoms with Gasteiger partial charge in [-0.1, -0.05) is 13.3 Å². The molecule has 2 aliphatic carbocycles. The number of likely N-dealkylation sites (N-methyl/N-ethyl adjacent to an activating group) is 1. The van der Waals surface area contributed by atoms with Crippen LogP contribution in [-0.2, 0) is 4.74 Å². The first-order chi connectivity index (χ1) is 9.24. The van der Waals surface area contributed by atoms with Crippen LogP contribution in [0, 0.1) is 17.8 Å². The van der Waals surface area contributed by atoms with Crippen molar-refractivity contribution in [3.8, 4) is 0 Å². The maximum Gasteiger partial charge on any atom is 0.0630 e. The normalized spacial score (nSPS) is 31.3. The first-order valence-electron chi connectivity index (χ1n) is 8.14. The summed E-state index contributed by atoms with van der Waals surface area (Å²) in [4.78, 5) is 2.54. The fraction of sp³-hybridized carbons (Fsp3) is 1.00. The maximum absolute atomic E-state index is 5.40. The summed E-state index contributed by atoms with van der Waals surface area (Å²) in [5.41, 5.74) is 0. The average Bonchev–Trinajstić information content (AvgIpc) is 3.00. The highest BCUT2D eigenvalue weighted by Crippen LogP contribution is 2.48. The molecule has 0 radical (unpaired) electrons. The van der Waals surface area contributed by atoms with E-state index in [0.29, 0.717) is 6.04 Å². The zero-order valence-electron chi connectivity index (χ0n) is 13.0. The first-order valence-corrected chi connectivity index (χ1v) is 8.14. The van der Waals surface area contributed by atoms with E-state index < -0.39 is 0 Å². The molecule has 0 aromatic rings. The number of hydrogen-bond donors (Lipinski definition) is 1. The van der Waals surface area contributed by atoms with Gasteiger partial charge < -0.3 is 10.1 Å². The minimum atomic E-state index is 0.524. The number of fused-ring (bicyclic) bond motifs is 2. The minimum Gasteiger partial charge on any atom is -0.383 e. The van der Waals surface area contributed by atoms with E-state index in [2.05, 4.69) is 24.2 Å². The van der Waals surface area contributed by atoms with Crippen molar-refractivity contribution in [1.82, 2.24) is 10.2 Å². The summed E-state index contributed by atoms with van der Waals surface area (Å²) in [6.07, 6.45) is 7.20. The lowest BCUT2D eigenvalue weighted by molar-refractivity contribution is 0.0877. The second kappa shape index (κ2) is 7.61. The van der Waals surface area contributed by atoms with Crippen molar-refractivity contribution >= 4 is 0 Å². The molecule has 0 spiro atoms. The van der Waals surface area contributed by atoms with E-state index in [1.54, 1.807) is 0 Å². The molecule has 0 amide bonds. The molecule has 0 aliphatic heterocycles. The predicted molar refractivity (Wildman–Crippen MR) is 80.4 cm³/mol. The summed E-state index contributed by atoms with van der Waals surface area (Å²) in [6.45, 7) is 6.50. The Kier molecular flexibility index (Phi) is 6.11. The van der Waals surface area contributed by atoms with Crippen LogP contribution in [0.1, 0.15) is 39.0 Å². The highest BCUT2D eigenvalue weighted by molar-refractivity contribution is 4.91. The van der Waals surface area contributed by atoms with Gasteiger partial charge in [0.15, 0.2) is 0 Å². The van der Waals surface area contributed by atoms with Crippen LogP contribution in [0.3, 0.4) is 0 Å². The van der Waals surface area contributed by atoms with Crippen molar-refractivity contribution < 1.29 is 4.74 Å². The maximum atomic E-state index is 5.40. The van der Waals surface area contributed by atoms with Crippen molar-refractivity contribution in [3.63, 3.8) is 0 Å². The number of nitrogens with zero attached hydrogens (tertiary/aromatic N) is 1. The first kappa shape index (κ1) is 15.3. The monoisotopic (exact) mass is 268 g/mol. The Balaban J connectivity index is 1.76. The van der Waals surface area contributed by atoms with Crippen molar-refractivity contribution in [3.05, 3.63) is 0 Å². The molecule has 1 N–H and O–H groups in total. The molecule has 3 heteroatoms. The van der Waals surface area contributed by atoms with Gasteiger partial charge in [-0.05, 0) is 57.0 Å². The summed E-state index contributed by atoms with van der Waals surface area (Å²) in [5.74, 6) is 3.04. The number of hydrogen-bond acceptors (Lipinski definition) is 3. The summed E-state index contributed by atoms with van der Waals surface area (Å²) in [7, 11) is 4.10. The smallest absolute Gasteiger partial charge is 0.0630 e. The number of nitrogens with one attached hydrogen (secondary N) is 1. The highest BCUT2D eigenvalue weighted by Gasteiger charge is 2.40. The van der Waals surface area contributed by atoms with Crippen LogP contribution in [0.2, 0.25) is 0 Å². The molecule has 2 bridgehead atoms. The van der Waals surface area contributed by atoms with Crippen LogP contribution in [-0.4, -0.2) is 51.3 Å². The molecule has 0 aromatic heterocycles. The van der Waals surface area contributed by atoms with E-state index in [9.17, 15) is 0 Å². The van der Waals surface area contributed by atoms with E-state index in [4.69, 9.17) is 4.74 Å². The van der Waals surface area contributed by atoms with Gasteiger partial charge in [0.05, 0.1) is 6.61 Å². The topological polar surface area (TPSA) is 24.5 Å². The molecule has 112 valence electrons. The molecule has 0 saturated heterocycles. The van der Waals surface area contributed by atoms with E-state index >= 15 is 0 Å². The fourth-order valence-electron chi connectivity index (χ4n) is 4.10. The third-order valence-electron chi connectivity index (χ3n) is 5.20. The molecule has 0 aromatic carbocycles. The van der Waals surface area contributed by atoms with Gasteiger partial charge in [-0.25, -0.2) is 0 Å². The lowest BCUT2D eigenvalue weighted by Crippen LogP contribution is -2.45. The summed E-state index contributed by atoms with van der Waals surface area (Å²) in [5, 5.41) is 3.54. The quantitative estimate of drug-likeness (QED) is 0.650. The van der Waals surface area contributed by atoms with Crippen LogP contribution in [0.4, 0.5) is 0 Å². The van der Waals surface area contributed by atoms with Gasteiger partial charge in [-0.3, -0.25) is 4.90 Å². The summed E-state index contributed by atoms with van der Waals surface area (Å²) >= 11 is 0. The third kappa shape index (κ3) is 4.17. The Morgan fingerprint density at radius 3 is 2.74 bits per heavy atom. The van der Waals surface area contributed by atoms with Crippen LogP contribution in [0.5, 0.6) is 0 Å². The van der Waals surface area contributed by atoms with Gasteiger partial charge in [-0.2, -0.15) is 0 Å². The van der Waals surface area contributed by atoms with Gasteiger partial charge in [0.2, 0.25) is 0 Å². The minimum absolute atomic E-state index is 0.524. The average molecular weight is 268 g/mol. The van der Waals surface area contributed by atoms with Gasteiger partial charge in [0.25, 0.3) is 0 Å². The molecule has 2 fully saturated rings. The third-order valence-corrected chi connectivity index (χ3v) is 5.20. The van der Waals surface area contributed by atoms with Crippen LogP contribution in [0.15, 0.2) is 0 Å². The fourth-order valence-corrected chi connectivity index (χ4v) is 4.10. The zero-order chi connectivity index (χ0) is 13.7. The van der Waals surface area contributed by atoms with Gasteiger partial charge in [0, 0.05) is 26.2 Å². The summed E-state index contributed by atoms with van der Waals surface area (Å²) in [6, 6.07) is 0.524. The summed E-state index contributed by atoms with van der Waals surface area (Å²) < 4.78 is 5.40. The molecule has 3 nitrogen and oxygen atoms in total. The van der Waals surface area contributed by atoms with E-state index in [0.717, 1.165) is 37.5 Å². The zero-order valence-corrected chi connectivity index (χ0v) is 13.0. The Morgan fingerprint density at radius 2 is 2.16 bits per heavy atom. The molecular formula is C16H32N2O. The number of ether oxygens (including phenoxy) is 1. The van der Waals surface area contributed by atoms with Crippen molar-refractivity contribution in [1.29, 1.82) is 0 Å². The molecule has 19 heavy (non-hydrogen) atoms. The SMILES string of the molecule is CCCNCC(COC)N(C)CC1CC2CCC1C2. The standard InChI is InChI=1S/C16H32N2O/c1-4-7-17-10-16(12-19-3)18(2)11-15-9-13-5-6-14(15)8-13/h13-17H,4-12H2,1-3H3. The lowest BCUT2D eigenvalue weighted by atomic mass is 9.88. The van der Waals surface area contributed by atoms with E-state index in [1.807, 2.05) is 7.11 Å². The number of methoxy groups -OCH3 is 1. The van der Waals surface area contributed by atoms with Gasteiger partial charge in [0.1, 0.15) is 0 Å². The van der Waals surface area contributed by atoms with E-state index in [-0.39, 0.29) is 0 Å². The molecule has 4 unspecified atom stereocenters. The molecule has 4 atom stereocenters. The van der Waals surface area contributed by atoms with Crippen LogP contribution >= 0.6 is 0 Å². The van der Waals surface area contributed by atoms with Crippen LogP contribution in [0.25, 0.3) is 0 Å². The number of rotatable bonds is 9. The lowest BCUT2D eigenvalue weighted by Gasteiger charge is -2.33. The Morgan fingerprint density at radius 1 is 1.32 bits per heavy atom. The second-order valence-corrected chi connectivity index (χ2v) is 6.69. The van der Waals surface area contributed by atoms with Crippen molar-refractivity contribution in [2.24, 2.45) is 17.8 Å². The van der Waals surface area contributed by atoms with Gasteiger partial charge >= 0.3 is 0 Å². The van der Waals surface area contributed by atoms with E-state index in [1.165, 1.54) is 38.6 Å². The molecule has 2 saturated carbocycles.